The molecule has 3 aliphatic rings. The second-order valence-corrected chi connectivity index (χ2v) is 10.2. The van der Waals surface area contributed by atoms with Crippen LogP contribution in [0.5, 0.6) is 0 Å². The topological polar surface area (TPSA) is 90.0 Å². The minimum atomic E-state index is -3.91. The molecule has 1 aromatic carbocycles. The molecule has 9 heteroatoms. The average molecular weight is 435 g/mol. The molecule has 2 atom stereocenters. The molecule has 1 unspecified atom stereocenters. The van der Waals surface area contributed by atoms with Crippen molar-refractivity contribution in [3.8, 4) is 0 Å². The molecule has 3 fully saturated rings. The lowest BCUT2D eigenvalue weighted by molar-refractivity contribution is -0.135. The molecule has 3 aliphatic heterocycles. The standard InChI is InChI=1S/C21H30N4O4S/c1-15-18(25-11-5-9-20(25)26)7-3-8-19(15)30(28,29)22-16(2)21(27)24-13-12-23-10-4-6-17(23)14-24/h3,7-8,16-17,22H,4-6,9-14H2,1-2H3/t16-,17?/m0/s1. The van der Waals surface area contributed by atoms with Gasteiger partial charge in [0.1, 0.15) is 0 Å². The predicted octanol–water partition coefficient (Wildman–Crippen LogP) is 1.10. The summed E-state index contributed by atoms with van der Waals surface area (Å²) in [5, 5.41) is 0. The molecule has 3 heterocycles. The van der Waals surface area contributed by atoms with Gasteiger partial charge in [-0.3, -0.25) is 14.5 Å². The first kappa shape index (κ1) is 21.3. The summed E-state index contributed by atoms with van der Waals surface area (Å²) in [6, 6.07) is 4.49. The molecule has 4 rings (SSSR count). The van der Waals surface area contributed by atoms with Gasteiger partial charge in [0, 0.05) is 44.3 Å². The minimum Gasteiger partial charge on any atom is -0.338 e. The van der Waals surface area contributed by atoms with E-state index in [0.29, 0.717) is 43.3 Å². The van der Waals surface area contributed by atoms with E-state index in [1.54, 1.807) is 35.8 Å². The summed E-state index contributed by atoms with van der Waals surface area (Å²) in [6.45, 7) is 7.14. The number of rotatable bonds is 5. The van der Waals surface area contributed by atoms with Gasteiger partial charge in [0.05, 0.1) is 10.9 Å². The molecule has 2 amide bonds. The lowest BCUT2D eigenvalue weighted by Crippen LogP contribution is -2.56. The Bertz CT molecular complexity index is 948. The third kappa shape index (κ3) is 3.98. The molecule has 1 aromatic rings. The molecule has 0 saturated carbocycles. The summed E-state index contributed by atoms with van der Waals surface area (Å²) < 4.78 is 28.7. The number of hydrogen-bond acceptors (Lipinski definition) is 5. The van der Waals surface area contributed by atoms with Crippen LogP contribution in [0.4, 0.5) is 5.69 Å². The predicted molar refractivity (Wildman–Crippen MR) is 114 cm³/mol. The third-order valence-electron chi connectivity index (χ3n) is 6.51. The number of carbonyl (C=O) groups excluding carboxylic acids is 2. The van der Waals surface area contributed by atoms with Gasteiger partial charge in [-0.2, -0.15) is 4.72 Å². The van der Waals surface area contributed by atoms with E-state index in [2.05, 4.69) is 9.62 Å². The van der Waals surface area contributed by atoms with Crippen LogP contribution in [-0.2, 0) is 19.6 Å². The molecule has 0 aliphatic carbocycles. The van der Waals surface area contributed by atoms with Gasteiger partial charge in [-0.1, -0.05) is 6.07 Å². The van der Waals surface area contributed by atoms with Gasteiger partial charge >= 0.3 is 0 Å². The highest BCUT2D eigenvalue weighted by Crippen LogP contribution is 2.29. The molecular weight excluding hydrogens is 404 g/mol. The van der Waals surface area contributed by atoms with Gasteiger partial charge < -0.3 is 9.80 Å². The summed E-state index contributed by atoms with van der Waals surface area (Å²) in [4.78, 5) is 31.0. The summed E-state index contributed by atoms with van der Waals surface area (Å²) in [5.74, 6) is -0.177. The van der Waals surface area contributed by atoms with Crippen LogP contribution in [-0.4, -0.2) is 74.8 Å². The van der Waals surface area contributed by atoms with Gasteiger partial charge in [-0.25, -0.2) is 8.42 Å². The smallest absolute Gasteiger partial charge is 0.241 e. The van der Waals surface area contributed by atoms with Crippen molar-refractivity contribution in [2.75, 3.05) is 37.6 Å². The first-order chi connectivity index (χ1) is 14.3. The summed E-state index contributed by atoms with van der Waals surface area (Å²) in [5.41, 5.74) is 1.15. The van der Waals surface area contributed by atoms with E-state index in [9.17, 15) is 18.0 Å². The van der Waals surface area contributed by atoms with Crippen LogP contribution in [0.25, 0.3) is 0 Å². The summed E-state index contributed by atoms with van der Waals surface area (Å²) in [7, 11) is -3.91. The zero-order valence-corrected chi connectivity index (χ0v) is 18.5. The first-order valence-corrected chi connectivity index (χ1v) is 12.2. The molecule has 0 radical (unpaired) electrons. The molecule has 30 heavy (non-hydrogen) atoms. The van der Waals surface area contributed by atoms with Crippen LogP contribution >= 0.6 is 0 Å². The fourth-order valence-corrected chi connectivity index (χ4v) is 6.36. The number of piperazine rings is 1. The zero-order chi connectivity index (χ0) is 21.5. The molecule has 0 spiro atoms. The second-order valence-electron chi connectivity index (χ2n) is 8.51. The highest BCUT2D eigenvalue weighted by molar-refractivity contribution is 7.89. The van der Waals surface area contributed by atoms with E-state index in [-0.39, 0.29) is 16.7 Å². The maximum atomic E-state index is 13.1. The molecule has 0 aromatic heterocycles. The molecule has 3 saturated heterocycles. The Morgan fingerprint density at radius 1 is 1.17 bits per heavy atom. The van der Waals surface area contributed by atoms with E-state index in [1.165, 1.54) is 6.07 Å². The maximum absolute atomic E-state index is 13.1. The van der Waals surface area contributed by atoms with Crippen LogP contribution in [0.3, 0.4) is 0 Å². The number of hydrogen-bond donors (Lipinski definition) is 1. The van der Waals surface area contributed by atoms with Crippen LogP contribution in [0.15, 0.2) is 23.1 Å². The number of anilines is 1. The molecule has 0 bridgehead atoms. The molecule has 1 N–H and O–H groups in total. The monoisotopic (exact) mass is 434 g/mol. The quantitative estimate of drug-likeness (QED) is 0.750. The SMILES string of the molecule is Cc1c(N2CCCC2=O)cccc1S(=O)(=O)N[C@@H](C)C(=O)N1CCN2CCCC2C1. The van der Waals surface area contributed by atoms with E-state index in [0.717, 1.165) is 32.4 Å². The van der Waals surface area contributed by atoms with Gasteiger partial charge in [-0.15, -0.1) is 0 Å². The second kappa shape index (κ2) is 8.28. The van der Waals surface area contributed by atoms with Crippen LogP contribution in [0, 0.1) is 6.92 Å². The normalized spacial score (nSPS) is 23.7. The number of amides is 2. The Morgan fingerprint density at radius 2 is 1.97 bits per heavy atom. The van der Waals surface area contributed by atoms with E-state index in [4.69, 9.17) is 0 Å². The van der Waals surface area contributed by atoms with Crippen LogP contribution < -0.4 is 9.62 Å². The van der Waals surface area contributed by atoms with Crippen molar-refractivity contribution in [1.82, 2.24) is 14.5 Å². The Balaban J connectivity index is 1.48. The fraction of sp³-hybridized carbons (Fsp3) is 0.619. The van der Waals surface area contributed by atoms with Crippen molar-refractivity contribution in [2.24, 2.45) is 0 Å². The van der Waals surface area contributed by atoms with Crippen molar-refractivity contribution in [1.29, 1.82) is 0 Å². The van der Waals surface area contributed by atoms with Gasteiger partial charge in [0.15, 0.2) is 0 Å². The Hall–Kier alpha value is -1.97. The summed E-state index contributed by atoms with van der Waals surface area (Å²) >= 11 is 0. The van der Waals surface area contributed by atoms with Crippen molar-refractivity contribution in [3.63, 3.8) is 0 Å². The van der Waals surface area contributed by atoms with Gasteiger partial charge in [-0.05, 0) is 57.4 Å². The Labute approximate surface area is 178 Å². The van der Waals surface area contributed by atoms with Crippen molar-refractivity contribution < 1.29 is 18.0 Å². The lowest BCUT2D eigenvalue weighted by atomic mass is 10.1. The maximum Gasteiger partial charge on any atom is 0.241 e. The number of nitrogens with zero attached hydrogens (tertiary/aromatic N) is 3. The van der Waals surface area contributed by atoms with E-state index >= 15 is 0 Å². The van der Waals surface area contributed by atoms with E-state index < -0.39 is 16.1 Å². The molecule has 164 valence electrons. The van der Waals surface area contributed by atoms with Crippen LogP contribution in [0.2, 0.25) is 0 Å². The zero-order valence-electron chi connectivity index (χ0n) is 17.6. The Kier molecular flexibility index (Phi) is 5.87. The van der Waals surface area contributed by atoms with E-state index in [1.807, 2.05) is 0 Å². The highest BCUT2D eigenvalue weighted by Gasteiger charge is 2.35. The number of nitrogens with one attached hydrogen (secondary N) is 1. The van der Waals surface area contributed by atoms with Gasteiger partial charge in [0.2, 0.25) is 21.8 Å². The Morgan fingerprint density at radius 3 is 2.70 bits per heavy atom. The molecule has 8 nitrogen and oxygen atoms in total. The first-order valence-electron chi connectivity index (χ1n) is 10.7. The van der Waals surface area contributed by atoms with Crippen molar-refractivity contribution in [2.45, 2.75) is 56.5 Å². The number of fused-ring (bicyclic) bond motifs is 1. The fourth-order valence-electron chi connectivity index (χ4n) is 4.90. The minimum absolute atomic E-state index is 0.00945. The van der Waals surface area contributed by atoms with Crippen LogP contribution in [0.1, 0.15) is 38.2 Å². The highest BCUT2D eigenvalue weighted by atomic mass is 32.2. The largest absolute Gasteiger partial charge is 0.338 e. The average Bonchev–Trinajstić information content (AvgIpc) is 3.35. The lowest BCUT2D eigenvalue weighted by Gasteiger charge is -2.38. The van der Waals surface area contributed by atoms with Crippen molar-refractivity contribution in [3.05, 3.63) is 23.8 Å². The third-order valence-corrected chi connectivity index (χ3v) is 8.20. The van der Waals surface area contributed by atoms with Gasteiger partial charge in [0.25, 0.3) is 0 Å². The number of benzene rings is 1. The number of carbonyl (C=O) groups is 2. The van der Waals surface area contributed by atoms with Crippen molar-refractivity contribution >= 4 is 27.5 Å². The molecular formula is C21H30N4O4S. The summed E-state index contributed by atoms with van der Waals surface area (Å²) in [6.07, 6.45) is 3.50. The number of sulfonamides is 1.